The summed E-state index contributed by atoms with van der Waals surface area (Å²) in [6, 6.07) is 0. The number of thiol groups is 1. The third kappa shape index (κ3) is 8.35. The minimum atomic E-state index is 1.18. The quantitative estimate of drug-likeness (QED) is 0.423. The average molecular weight is 159 g/mol. The van der Waals surface area contributed by atoms with E-state index >= 15 is 0 Å². The van der Waals surface area contributed by atoms with Crippen LogP contribution in [0.4, 0.5) is 0 Å². The van der Waals surface area contributed by atoms with E-state index in [1.54, 1.807) is 0 Å². The van der Waals surface area contributed by atoms with Crippen LogP contribution in [0, 0.1) is 5.75 Å². The Morgan fingerprint density at radius 2 is 1.60 bits per heavy atom. The lowest BCUT2D eigenvalue weighted by Crippen LogP contribution is -1.77. The van der Waals surface area contributed by atoms with E-state index in [9.17, 15) is 0 Å². The summed E-state index contributed by atoms with van der Waals surface area (Å²) in [6.45, 7) is 2.25. The topological polar surface area (TPSA) is 0 Å². The Labute approximate surface area is 70.8 Å². The Balaban J connectivity index is 2.65. The van der Waals surface area contributed by atoms with Crippen molar-refractivity contribution in [1.82, 2.24) is 0 Å². The Hall–Kier alpha value is 0.350. The van der Waals surface area contributed by atoms with Crippen LogP contribution in [0.3, 0.4) is 0 Å². The van der Waals surface area contributed by atoms with Crippen LogP contribution in [-0.2, 0) is 0 Å². The Morgan fingerprint density at radius 3 is 2.20 bits per heavy atom. The standard InChI is InChI=1S/C9H19S/c1-2-3-4-5-6-7-8-9-10/h9-10H,2-8H2,1H3. The highest BCUT2D eigenvalue weighted by Crippen LogP contribution is 2.08. The molecule has 1 heteroatoms. The molecule has 0 nitrogen and oxygen atoms in total. The second kappa shape index (κ2) is 9.35. The van der Waals surface area contributed by atoms with E-state index in [1.165, 1.54) is 44.9 Å². The maximum Gasteiger partial charge on any atom is 0.0133 e. The second-order valence-electron chi connectivity index (χ2n) is 2.74. The zero-order valence-corrected chi connectivity index (χ0v) is 7.87. The van der Waals surface area contributed by atoms with Gasteiger partial charge in [-0.05, 0) is 6.42 Å². The molecule has 0 aliphatic heterocycles. The fraction of sp³-hybridized carbons (Fsp3) is 0.889. The van der Waals surface area contributed by atoms with E-state index in [0.29, 0.717) is 0 Å². The van der Waals surface area contributed by atoms with E-state index in [4.69, 9.17) is 0 Å². The van der Waals surface area contributed by atoms with Gasteiger partial charge in [0.1, 0.15) is 0 Å². The zero-order chi connectivity index (χ0) is 7.66. The van der Waals surface area contributed by atoms with Crippen molar-refractivity contribution in [2.45, 2.75) is 51.9 Å². The first-order chi connectivity index (χ1) is 4.91. The first-order valence-electron chi connectivity index (χ1n) is 4.37. The smallest absolute Gasteiger partial charge is 0.0133 e. The fourth-order valence-electron chi connectivity index (χ4n) is 1.02. The molecule has 0 saturated carbocycles. The fourth-order valence-corrected chi connectivity index (χ4v) is 1.20. The van der Waals surface area contributed by atoms with Crippen molar-refractivity contribution in [2.75, 3.05) is 0 Å². The lowest BCUT2D eigenvalue weighted by Gasteiger charge is -1.97. The highest BCUT2D eigenvalue weighted by atomic mass is 32.1. The summed E-state index contributed by atoms with van der Waals surface area (Å²) in [5.74, 6) is 1.96. The average Bonchev–Trinajstić information content (AvgIpc) is 1.97. The predicted molar refractivity (Wildman–Crippen MR) is 51.3 cm³/mol. The highest BCUT2D eigenvalue weighted by Gasteiger charge is 1.87. The number of hydrogen-bond acceptors (Lipinski definition) is 1. The van der Waals surface area contributed by atoms with Gasteiger partial charge in [0, 0.05) is 5.75 Å². The van der Waals surface area contributed by atoms with Gasteiger partial charge in [-0.2, -0.15) is 12.6 Å². The first-order valence-corrected chi connectivity index (χ1v) is 4.89. The van der Waals surface area contributed by atoms with Crippen LogP contribution in [-0.4, -0.2) is 0 Å². The monoisotopic (exact) mass is 159 g/mol. The van der Waals surface area contributed by atoms with Crippen molar-refractivity contribution in [3.8, 4) is 0 Å². The van der Waals surface area contributed by atoms with Gasteiger partial charge in [0.05, 0.1) is 0 Å². The van der Waals surface area contributed by atoms with Gasteiger partial charge in [-0.15, -0.1) is 0 Å². The van der Waals surface area contributed by atoms with Crippen molar-refractivity contribution in [3.05, 3.63) is 5.75 Å². The Bertz CT molecular complexity index is 44.7. The summed E-state index contributed by atoms with van der Waals surface area (Å²) in [6.07, 6.45) is 9.47. The van der Waals surface area contributed by atoms with Gasteiger partial charge < -0.3 is 0 Å². The molecule has 0 bridgehead atoms. The maximum absolute atomic E-state index is 4.04. The minimum absolute atomic E-state index is 1.18. The molecule has 0 fully saturated rings. The molecule has 0 aromatic carbocycles. The summed E-state index contributed by atoms with van der Waals surface area (Å²) in [4.78, 5) is 0. The van der Waals surface area contributed by atoms with Crippen LogP contribution < -0.4 is 0 Å². The van der Waals surface area contributed by atoms with Gasteiger partial charge in [0.25, 0.3) is 0 Å². The van der Waals surface area contributed by atoms with Gasteiger partial charge in [0.15, 0.2) is 0 Å². The van der Waals surface area contributed by atoms with Gasteiger partial charge in [-0.25, -0.2) is 0 Å². The zero-order valence-electron chi connectivity index (χ0n) is 6.97. The lowest BCUT2D eigenvalue weighted by atomic mass is 10.1. The van der Waals surface area contributed by atoms with Gasteiger partial charge in [-0.3, -0.25) is 0 Å². The summed E-state index contributed by atoms with van der Waals surface area (Å²) < 4.78 is 0. The van der Waals surface area contributed by atoms with Crippen LogP contribution in [0.15, 0.2) is 0 Å². The summed E-state index contributed by atoms with van der Waals surface area (Å²) in [7, 11) is 0. The Morgan fingerprint density at radius 1 is 1.00 bits per heavy atom. The molecule has 61 valence electrons. The molecule has 0 heterocycles. The third-order valence-corrected chi connectivity index (χ3v) is 1.94. The van der Waals surface area contributed by atoms with Crippen molar-refractivity contribution in [3.63, 3.8) is 0 Å². The summed E-state index contributed by atoms with van der Waals surface area (Å²) in [5, 5.41) is 0. The molecule has 0 aliphatic rings. The molecule has 1 radical (unpaired) electrons. The lowest BCUT2D eigenvalue weighted by molar-refractivity contribution is 0.609. The van der Waals surface area contributed by atoms with Gasteiger partial charge >= 0.3 is 0 Å². The van der Waals surface area contributed by atoms with E-state index in [-0.39, 0.29) is 0 Å². The van der Waals surface area contributed by atoms with Crippen molar-refractivity contribution >= 4 is 12.6 Å². The van der Waals surface area contributed by atoms with Crippen molar-refractivity contribution in [1.29, 1.82) is 0 Å². The van der Waals surface area contributed by atoms with Crippen LogP contribution in [0.5, 0.6) is 0 Å². The summed E-state index contributed by atoms with van der Waals surface area (Å²) >= 11 is 4.04. The molecule has 10 heavy (non-hydrogen) atoms. The SMILES string of the molecule is CCCCCCCC[CH]S. The minimum Gasteiger partial charge on any atom is -0.175 e. The van der Waals surface area contributed by atoms with Gasteiger partial charge in [0.2, 0.25) is 0 Å². The van der Waals surface area contributed by atoms with E-state index in [1.807, 2.05) is 5.75 Å². The normalized spacial score (nSPS) is 10.2. The molecule has 0 aromatic heterocycles. The maximum atomic E-state index is 4.04. The molecule has 0 atom stereocenters. The Kier molecular flexibility index (Phi) is 9.68. The van der Waals surface area contributed by atoms with Crippen molar-refractivity contribution in [2.24, 2.45) is 0 Å². The van der Waals surface area contributed by atoms with E-state index in [0.717, 1.165) is 0 Å². The predicted octanol–water partition coefficient (Wildman–Crippen LogP) is 3.83. The van der Waals surface area contributed by atoms with Crippen LogP contribution >= 0.6 is 12.6 Å². The number of unbranched alkanes of at least 4 members (excludes halogenated alkanes) is 6. The molecule has 0 aliphatic carbocycles. The molecule has 0 unspecified atom stereocenters. The third-order valence-electron chi connectivity index (χ3n) is 1.69. The van der Waals surface area contributed by atoms with E-state index in [2.05, 4.69) is 19.6 Å². The molecule has 0 spiro atoms. The molecular formula is C9H19S. The largest absolute Gasteiger partial charge is 0.175 e. The van der Waals surface area contributed by atoms with E-state index < -0.39 is 0 Å². The van der Waals surface area contributed by atoms with Crippen LogP contribution in [0.25, 0.3) is 0 Å². The van der Waals surface area contributed by atoms with Gasteiger partial charge in [-0.1, -0.05) is 45.4 Å². The molecule has 0 amide bonds. The number of rotatable bonds is 7. The van der Waals surface area contributed by atoms with Crippen molar-refractivity contribution < 1.29 is 0 Å². The van der Waals surface area contributed by atoms with Crippen LogP contribution in [0.1, 0.15) is 51.9 Å². The molecule has 0 rings (SSSR count). The first kappa shape index (κ1) is 10.3. The highest BCUT2D eigenvalue weighted by molar-refractivity contribution is 7.82. The van der Waals surface area contributed by atoms with Crippen LogP contribution in [0.2, 0.25) is 0 Å². The summed E-state index contributed by atoms with van der Waals surface area (Å²) in [5.41, 5.74) is 0. The number of hydrogen-bond donors (Lipinski definition) is 1. The molecule has 0 aromatic rings. The molecular weight excluding hydrogens is 140 g/mol. The molecule has 0 N–H and O–H groups in total. The molecule has 0 saturated heterocycles. The second-order valence-corrected chi connectivity index (χ2v) is 3.10.